The molecular formula is C11H13N5O2. The quantitative estimate of drug-likeness (QED) is 0.198. The summed E-state index contributed by atoms with van der Waals surface area (Å²) in [6, 6.07) is 7.18. The van der Waals surface area contributed by atoms with E-state index in [4.69, 9.17) is 16.1 Å². The number of carbonyl (C=O) groups is 1. The smallest absolute Gasteiger partial charge is 0.271 e. The molecule has 1 amide bonds. The lowest BCUT2D eigenvalue weighted by Gasteiger charge is -2.07. The van der Waals surface area contributed by atoms with E-state index in [1.54, 1.807) is 24.3 Å². The molecule has 0 unspecified atom stereocenters. The summed E-state index contributed by atoms with van der Waals surface area (Å²) in [7, 11) is 0. The van der Waals surface area contributed by atoms with Crippen LogP contribution >= 0.6 is 0 Å². The molecular weight excluding hydrogens is 234 g/mol. The Labute approximate surface area is 104 Å². The average molecular weight is 247 g/mol. The summed E-state index contributed by atoms with van der Waals surface area (Å²) >= 11 is 0. The van der Waals surface area contributed by atoms with Crippen LogP contribution in [-0.4, -0.2) is 19.1 Å². The minimum Gasteiger partial charge on any atom is -0.483 e. The van der Waals surface area contributed by atoms with Crippen LogP contribution in [0, 0.1) is 0 Å². The Kier molecular flexibility index (Phi) is 5.82. The second-order valence-electron chi connectivity index (χ2n) is 3.21. The van der Waals surface area contributed by atoms with E-state index in [1.165, 1.54) is 0 Å². The van der Waals surface area contributed by atoms with E-state index in [9.17, 15) is 4.79 Å². The van der Waals surface area contributed by atoms with Crippen LogP contribution in [0.25, 0.3) is 16.5 Å². The zero-order valence-electron chi connectivity index (χ0n) is 9.61. The van der Waals surface area contributed by atoms with Gasteiger partial charge in [-0.05, 0) is 11.6 Å². The van der Waals surface area contributed by atoms with Crippen molar-refractivity contribution in [3.05, 3.63) is 46.3 Å². The van der Waals surface area contributed by atoms with E-state index < -0.39 is 5.91 Å². The van der Waals surface area contributed by atoms with Crippen molar-refractivity contribution in [2.45, 2.75) is 0 Å². The summed E-state index contributed by atoms with van der Waals surface area (Å²) in [5, 5.41) is 3.38. The van der Waals surface area contributed by atoms with E-state index in [1.807, 2.05) is 17.6 Å². The van der Waals surface area contributed by atoms with Gasteiger partial charge < -0.3 is 4.74 Å². The van der Waals surface area contributed by atoms with Crippen molar-refractivity contribution in [1.82, 2.24) is 5.43 Å². The van der Waals surface area contributed by atoms with Crippen LogP contribution < -0.4 is 16.0 Å². The summed E-state index contributed by atoms with van der Waals surface area (Å²) in [5.41, 5.74) is 10.9. The molecule has 0 aromatic heterocycles. The van der Waals surface area contributed by atoms with Crippen LogP contribution in [0.3, 0.4) is 0 Å². The third kappa shape index (κ3) is 4.56. The fourth-order valence-electron chi connectivity index (χ4n) is 1.20. The minimum absolute atomic E-state index is 0.155. The number of rotatable bonds is 6. The fraction of sp³-hybridized carbons (Fsp3) is 0.182. The first kappa shape index (κ1) is 13.6. The molecule has 0 saturated carbocycles. The van der Waals surface area contributed by atoms with Crippen LogP contribution in [0.5, 0.6) is 5.75 Å². The van der Waals surface area contributed by atoms with Crippen molar-refractivity contribution in [3.8, 4) is 5.75 Å². The van der Waals surface area contributed by atoms with Crippen LogP contribution in [0.1, 0.15) is 5.56 Å². The molecule has 1 aromatic rings. The van der Waals surface area contributed by atoms with Gasteiger partial charge in [-0.3, -0.25) is 10.2 Å². The molecule has 7 heteroatoms. The van der Waals surface area contributed by atoms with Gasteiger partial charge in [-0.2, -0.15) is 0 Å². The Morgan fingerprint density at radius 3 is 3.06 bits per heavy atom. The number of para-hydroxylation sites is 1. The van der Waals surface area contributed by atoms with Crippen LogP contribution in [0.2, 0.25) is 0 Å². The number of hydrazine groups is 1. The van der Waals surface area contributed by atoms with E-state index in [0.29, 0.717) is 5.75 Å². The van der Waals surface area contributed by atoms with Crippen molar-refractivity contribution in [3.63, 3.8) is 0 Å². The van der Waals surface area contributed by atoms with Crippen LogP contribution in [0.4, 0.5) is 0 Å². The number of hydrogen-bond acceptors (Lipinski definition) is 4. The summed E-state index contributed by atoms with van der Waals surface area (Å²) in [6.07, 6.45) is 3.45. The third-order valence-electron chi connectivity index (χ3n) is 1.99. The summed E-state index contributed by atoms with van der Waals surface area (Å²) in [4.78, 5) is 13.6. The second-order valence-corrected chi connectivity index (χ2v) is 3.21. The van der Waals surface area contributed by atoms with E-state index in [2.05, 4.69) is 10.0 Å². The lowest BCUT2D eigenvalue weighted by Crippen LogP contribution is -2.34. The second kappa shape index (κ2) is 7.72. The van der Waals surface area contributed by atoms with Gasteiger partial charge in [0.1, 0.15) is 5.75 Å². The van der Waals surface area contributed by atoms with Gasteiger partial charge in [-0.25, -0.2) is 5.84 Å². The van der Waals surface area contributed by atoms with Gasteiger partial charge in [0, 0.05) is 17.0 Å². The average Bonchev–Trinajstić information content (AvgIpc) is 2.42. The minimum atomic E-state index is -0.414. The number of ether oxygens (including phenoxy) is 1. The molecule has 3 N–H and O–H groups in total. The zero-order chi connectivity index (χ0) is 13.2. The summed E-state index contributed by atoms with van der Waals surface area (Å²) in [5.74, 6) is 5.09. The number of amides is 1. The number of nitrogens with zero attached hydrogens (tertiary/aromatic N) is 3. The lowest BCUT2D eigenvalue weighted by atomic mass is 10.2. The number of hydrogen-bond donors (Lipinski definition) is 2. The molecule has 0 bridgehead atoms. The predicted octanol–water partition coefficient (Wildman–Crippen LogP) is 1.38. The molecule has 0 aliphatic rings. The maximum absolute atomic E-state index is 11.0. The molecule has 0 heterocycles. The van der Waals surface area contributed by atoms with Crippen LogP contribution in [-0.2, 0) is 4.79 Å². The van der Waals surface area contributed by atoms with Crippen molar-refractivity contribution < 1.29 is 9.53 Å². The molecule has 0 atom stereocenters. The highest BCUT2D eigenvalue weighted by atomic mass is 16.5. The number of benzene rings is 1. The summed E-state index contributed by atoms with van der Waals surface area (Å²) in [6.45, 7) is 0.103. The molecule has 1 rings (SSSR count). The molecule has 0 fully saturated rings. The molecule has 1 aromatic carbocycles. The molecule has 0 radical (unpaired) electrons. The zero-order valence-corrected chi connectivity index (χ0v) is 9.61. The number of azide groups is 1. The van der Waals surface area contributed by atoms with Crippen molar-refractivity contribution in [1.29, 1.82) is 0 Å². The summed E-state index contributed by atoms with van der Waals surface area (Å²) < 4.78 is 5.30. The number of carbonyl (C=O) groups excluding carboxylic acids is 1. The molecule has 94 valence electrons. The van der Waals surface area contributed by atoms with Crippen LogP contribution in [0.15, 0.2) is 35.5 Å². The highest BCUT2D eigenvalue weighted by molar-refractivity contribution is 5.77. The molecule has 0 saturated heterocycles. The Morgan fingerprint density at radius 2 is 2.33 bits per heavy atom. The fourth-order valence-corrected chi connectivity index (χ4v) is 1.20. The normalized spacial score (nSPS) is 9.83. The van der Waals surface area contributed by atoms with E-state index in [0.717, 1.165) is 5.56 Å². The lowest BCUT2D eigenvalue weighted by molar-refractivity contribution is -0.123. The first-order chi connectivity index (χ1) is 8.77. The Morgan fingerprint density at radius 1 is 1.56 bits per heavy atom. The largest absolute Gasteiger partial charge is 0.483 e. The first-order valence-electron chi connectivity index (χ1n) is 5.16. The first-order valence-corrected chi connectivity index (χ1v) is 5.16. The maximum atomic E-state index is 11.0. The topological polar surface area (TPSA) is 113 Å². The standard InChI is InChI=1S/C11H13N5O2/c12-15-11(17)8-18-10-6-2-1-4-9(10)5-3-7-14-16-13/h1-6H,7-8,12H2,(H,15,17). The maximum Gasteiger partial charge on any atom is 0.271 e. The van der Waals surface area contributed by atoms with Gasteiger partial charge >= 0.3 is 0 Å². The van der Waals surface area contributed by atoms with E-state index in [-0.39, 0.29) is 13.2 Å². The van der Waals surface area contributed by atoms with Gasteiger partial charge in [0.25, 0.3) is 5.91 Å². The Hall–Kier alpha value is -2.50. The molecule has 0 aliphatic heterocycles. The van der Waals surface area contributed by atoms with Gasteiger partial charge in [0.05, 0.1) is 0 Å². The van der Waals surface area contributed by atoms with Gasteiger partial charge in [0.2, 0.25) is 0 Å². The molecule has 7 nitrogen and oxygen atoms in total. The monoisotopic (exact) mass is 247 g/mol. The van der Waals surface area contributed by atoms with Gasteiger partial charge in [-0.1, -0.05) is 35.5 Å². The highest BCUT2D eigenvalue weighted by Crippen LogP contribution is 2.19. The Balaban J connectivity index is 2.69. The molecule has 18 heavy (non-hydrogen) atoms. The predicted molar refractivity (Wildman–Crippen MR) is 67.3 cm³/mol. The molecule has 0 aliphatic carbocycles. The molecule has 0 spiro atoms. The Bertz CT molecular complexity index is 480. The van der Waals surface area contributed by atoms with Crippen molar-refractivity contribution in [2.75, 3.05) is 13.2 Å². The number of nitrogens with two attached hydrogens (primary N) is 1. The van der Waals surface area contributed by atoms with Crippen molar-refractivity contribution in [2.24, 2.45) is 11.0 Å². The SMILES string of the molecule is [N-]=[N+]=NCC=Cc1ccccc1OCC(=O)NN. The van der Waals surface area contributed by atoms with Crippen molar-refractivity contribution >= 4 is 12.0 Å². The van der Waals surface area contributed by atoms with Gasteiger partial charge in [-0.15, -0.1) is 0 Å². The number of nitrogens with one attached hydrogen (secondary N) is 1. The van der Waals surface area contributed by atoms with E-state index >= 15 is 0 Å². The van der Waals surface area contributed by atoms with Gasteiger partial charge in [0.15, 0.2) is 6.61 Å². The third-order valence-corrected chi connectivity index (χ3v) is 1.99. The highest BCUT2D eigenvalue weighted by Gasteiger charge is 2.02.